The van der Waals surface area contributed by atoms with Crippen molar-refractivity contribution in [3.05, 3.63) is 64.2 Å². The van der Waals surface area contributed by atoms with Crippen molar-refractivity contribution in [2.24, 2.45) is 0 Å². The third-order valence-corrected chi connectivity index (χ3v) is 3.43. The SMILES string of the molecule is O=C(Nc1cccnc1-n1cc(Br)cn1)c1ccc(Cl)nc1. The molecule has 0 fully saturated rings. The first-order valence-electron chi connectivity index (χ1n) is 6.22. The number of rotatable bonds is 3. The lowest BCUT2D eigenvalue weighted by Crippen LogP contribution is -2.15. The average molecular weight is 379 g/mol. The molecule has 0 unspecified atom stereocenters. The molecule has 22 heavy (non-hydrogen) atoms. The van der Waals surface area contributed by atoms with Gasteiger partial charge in [0, 0.05) is 18.6 Å². The number of pyridine rings is 2. The van der Waals surface area contributed by atoms with E-state index in [1.54, 1.807) is 47.5 Å². The summed E-state index contributed by atoms with van der Waals surface area (Å²) in [6, 6.07) is 6.65. The van der Waals surface area contributed by atoms with Crippen molar-refractivity contribution in [1.82, 2.24) is 19.7 Å². The summed E-state index contributed by atoms with van der Waals surface area (Å²) >= 11 is 9.04. The summed E-state index contributed by atoms with van der Waals surface area (Å²) in [5.74, 6) is 0.216. The third kappa shape index (κ3) is 3.15. The molecule has 0 saturated carbocycles. The lowest BCUT2D eigenvalue weighted by molar-refractivity contribution is 0.102. The van der Waals surface area contributed by atoms with Gasteiger partial charge >= 0.3 is 0 Å². The van der Waals surface area contributed by atoms with Crippen LogP contribution in [0.15, 0.2) is 53.5 Å². The number of aromatic nitrogens is 4. The van der Waals surface area contributed by atoms with Crippen LogP contribution in [0.4, 0.5) is 5.69 Å². The van der Waals surface area contributed by atoms with E-state index in [0.29, 0.717) is 22.2 Å². The maximum atomic E-state index is 12.3. The van der Waals surface area contributed by atoms with E-state index in [1.165, 1.54) is 6.20 Å². The number of carbonyl (C=O) groups is 1. The highest BCUT2D eigenvalue weighted by molar-refractivity contribution is 9.10. The lowest BCUT2D eigenvalue weighted by Gasteiger charge is -2.09. The van der Waals surface area contributed by atoms with E-state index in [-0.39, 0.29) is 5.91 Å². The normalized spacial score (nSPS) is 10.5. The van der Waals surface area contributed by atoms with E-state index in [0.717, 1.165) is 4.47 Å². The molecule has 0 aliphatic carbocycles. The Balaban J connectivity index is 1.89. The molecule has 3 aromatic rings. The van der Waals surface area contributed by atoms with Crippen LogP contribution in [0.1, 0.15) is 10.4 Å². The molecule has 0 bridgehead atoms. The van der Waals surface area contributed by atoms with Crippen LogP contribution in [-0.2, 0) is 0 Å². The summed E-state index contributed by atoms with van der Waals surface area (Å²) in [4.78, 5) is 20.4. The van der Waals surface area contributed by atoms with Gasteiger partial charge in [0.05, 0.1) is 21.9 Å². The summed E-state index contributed by atoms with van der Waals surface area (Å²) in [6.07, 6.45) is 6.44. The van der Waals surface area contributed by atoms with Gasteiger partial charge in [0.25, 0.3) is 5.91 Å². The molecule has 3 rings (SSSR count). The van der Waals surface area contributed by atoms with Gasteiger partial charge in [0.2, 0.25) is 0 Å². The van der Waals surface area contributed by atoms with Crippen LogP contribution in [0.2, 0.25) is 5.15 Å². The molecule has 0 aliphatic heterocycles. The number of halogens is 2. The van der Waals surface area contributed by atoms with Crippen molar-refractivity contribution in [2.45, 2.75) is 0 Å². The number of nitrogens with zero attached hydrogens (tertiary/aromatic N) is 4. The molecule has 0 aliphatic rings. The molecule has 0 saturated heterocycles. The average Bonchev–Trinajstić information content (AvgIpc) is 2.95. The lowest BCUT2D eigenvalue weighted by atomic mass is 10.2. The van der Waals surface area contributed by atoms with Crippen LogP contribution in [0.5, 0.6) is 0 Å². The van der Waals surface area contributed by atoms with Crippen molar-refractivity contribution in [3.8, 4) is 5.82 Å². The first kappa shape index (κ1) is 14.7. The zero-order valence-electron chi connectivity index (χ0n) is 11.1. The second-order valence-electron chi connectivity index (χ2n) is 4.30. The fourth-order valence-electron chi connectivity index (χ4n) is 1.80. The molecular weight excluding hydrogens is 370 g/mol. The van der Waals surface area contributed by atoms with Crippen molar-refractivity contribution in [2.75, 3.05) is 5.32 Å². The van der Waals surface area contributed by atoms with E-state index in [9.17, 15) is 4.79 Å². The van der Waals surface area contributed by atoms with Gasteiger partial charge in [-0.2, -0.15) is 5.10 Å². The Morgan fingerprint density at radius 2 is 2.09 bits per heavy atom. The standard InChI is InChI=1S/C14H9BrClN5O/c15-10-7-19-21(8-10)13-11(2-1-5-17-13)20-14(22)9-3-4-12(16)18-6-9/h1-8H,(H,20,22). The molecule has 8 heteroatoms. The minimum absolute atomic E-state index is 0.301. The number of hydrogen-bond acceptors (Lipinski definition) is 4. The van der Waals surface area contributed by atoms with Gasteiger partial charge in [-0.3, -0.25) is 4.79 Å². The van der Waals surface area contributed by atoms with Crippen LogP contribution >= 0.6 is 27.5 Å². The second kappa shape index (κ2) is 6.25. The van der Waals surface area contributed by atoms with Crippen LogP contribution in [0.3, 0.4) is 0 Å². The minimum Gasteiger partial charge on any atom is -0.319 e. The first-order chi connectivity index (χ1) is 10.6. The zero-order chi connectivity index (χ0) is 15.5. The first-order valence-corrected chi connectivity index (χ1v) is 7.39. The van der Waals surface area contributed by atoms with Crippen molar-refractivity contribution < 1.29 is 4.79 Å². The van der Waals surface area contributed by atoms with Gasteiger partial charge < -0.3 is 5.32 Å². The second-order valence-corrected chi connectivity index (χ2v) is 5.60. The number of amides is 1. The molecule has 3 aromatic heterocycles. The Bertz CT molecular complexity index is 818. The quantitative estimate of drug-likeness (QED) is 0.710. The number of hydrogen-bond donors (Lipinski definition) is 1. The van der Waals surface area contributed by atoms with E-state index in [2.05, 4.69) is 36.3 Å². The maximum absolute atomic E-state index is 12.3. The van der Waals surface area contributed by atoms with E-state index >= 15 is 0 Å². The van der Waals surface area contributed by atoms with E-state index < -0.39 is 0 Å². The molecule has 1 amide bonds. The van der Waals surface area contributed by atoms with Crippen LogP contribution < -0.4 is 5.32 Å². The smallest absolute Gasteiger partial charge is 0.257 e. The summed E-state index contributed by atoms with van der Waals surface area (Å²) in [7, 11) is 0. The molecule has 0 spiro atoms. The highest BCUT2D eigenvalue weighted by Crippen LogP contribution is 2.19. The summed E-state index contributed by atoms with van der Waals surface area (Å²) in [5, 5.41) is 7.29. The Hall–Kier alpha value is -2.25. The molecule has 3 heterocycles. The van der Waals surface area contributed by atoms with Gasteiger partial charge in [0.15, 0.2) is 5.82 Å². The largest absolute Gasteiger partial charge is 0.319 e. The predicted molar refractivity (Wildman–Crippen MR) is 86.3 cm³/mol. The number of carbonyl (C=O) groups excluding carboxylic acids is 1. The third-order valence-electron chi connectivity index (χ3n) is 2.79. The molecule has 6 nitrogen and oxygen atoms in total. The van der Waals surface area contributed by atoms with Crippen molar-refractivity contribution in [1.29, 1.82) is 0 Å². The van der Waals surface area contributed by atoms with Crippen LogP contribution in [0.25, 0.3) is 5.82 Å². The fourth-order valence-corrected chi connectivity index (χ4v) is 2.20. The van der Waals surface area contributed by atoms with Gasteiger partial charge in [-0.05, 0) is 40.2 Å². The van der Waals surface area contributed by atoms with Gasteiger partial charge in [0.1, 0.15) is 5.15 Å². The summed E-state index contributed by atoms with van der Waals surface area (Å²) in [6.45, 7) is 0. The minimum atomic E-state index is -0.301. The van der Waals surface area contributed by atoms with E-state index in [1.807, 2.05) is 0 Å². The van der Waals surface area contributed by atoms with Crippen molar-refractivity contribution >= 4 is 39.1 Å². The Morgan fingerprint density at radius 1 is 1.23 bits per heavy atom. The maximum Gasteiger partial charge on any atom is 0.257 e. The highest BCUT2D eigenvalue weighted by atomic mass is 79.9. The molecule has 1 N–H and O–H groups in total. The van der Waals surface area contributed by atoms with Crippen LogP contribution in [0, 0.1) is 0 Å². The molecule has 0 aromatic carbocycles. The van der Waals surface area contributed by atoms with Gasteiger partial charge in [-0.25, -0.2) is 14.6 Å². The van der Waals surface area contributed by atoms with Crippen molar-refractivity contribution in [3.63, 3.8) is 0 Å². The molecule has 110 valence electrons. The summed E-state index contributed by atoms with van der Waals surface area (Å²) < 4.78 is 2.39. The highest BCUT2D eigenvalue weighted by Gasteiger charge is 2.12. The monoisotopic (exact) mass is 377 g/mol. The fraction of sp³-hybridized carbons (Fsp3) is 0. The Kier molecular flexibility index (Phi) is 4.17. The molecule has 0 radical (unpaired) electrons. The topological polar surface area (TPSA) is 72.7 Å². The predicted octanol–water partition coefficient (Wildman–Crippen LogP) is 3.33. The number of nitrogens with one attached hydrogen (secondary N) is 1. The zero-order valence-corrected chi connectivity index (χ0v) is 13.4. The molecular formula is C14H9BrClN5O. The summed E-state index contributed by atoms with van der Waals surface area (Å²) in [5.41, 5.74) is 0.943. The van der Waals surface area contributed by atoms with E-state index in [4.69, 9.17) is 11.6 Å². The number of anilines is 1. The Morgan fingerprint density at radius 3 is 2.77 bits per heavy atom. The Labute approximate surface area is 139 Å². The van der Waals surface area contributed by atoms with Crippen LogP contribution in [-0.4, -0.2) is 25.7 Å². The molecule has 0 atom stereocenters. The van der Waals surface area contributed by atoms with Gasteiger partial charge in [-0.1, -0.05) is 11.6 Å². The van der Waals surface area contributed by atoms with Gasteiger partial charge in [-0.15, -0.1) is 0 Å².